The molecule has 110 valence electrons. The monoisotopic (exact) mass is 298 g/mol. The molecule has 0 N–H and O–H groups in total. The molecule has 2 nitrogen and oxygen atoms in total. The maximum Gasteiger partial charge on any atom is 0.146 e. The van der Waals surface area contributed by atoms with Crippen LogP contribution in [-0.2, 0) is 0 Å². The highest BCUT2D eigenvalue weighted by Gasteiger charge is 2.21. The van der Waals surface area contributed by atoms with Crippen LogP contribution in [0.1, 0.15) is 17.2 Å². The van der Waals surface area contributed by atoms with Crippen molar-refractivity contribution in [2.24, 2.45) is 0 Å². The largest absolute Gasteiger partial charge is 0.481 e. The van der Waals surface area contributed by atoms with Gasteiger partial charge in [-0.05, 0) is 18.2 Å². The van der Waals surface area contributed by atoms with Gasteiger partial charge in [-0.2, -0.15) is 0 Å². The maximum absolute atomic E-state index is 6.18. The van der Waals surface area contributed by atoms with Crippen LogP contribution in [0.15, 0.2) is 77.2 Å². The van der Waals surface area contributed by atoms with Gasteiger partial charge < -0.3 is 9.15 Å². The Morgan fingerprint density at radius 1 is 0.739 bits per heavy atom. The SMILES string of the molecule is C1=CC(c2cccc3c2oc2ccccc23)Oc2ccccc21. The molecule has 3 aromatic carbocycles. The van der Waals surface area contributed by atoms with Crippen LogP contribution in [0.3, 0.4) is 0 Å². The van der Waals surface area contributed by atoms with Crippen molar-refractivity contribution in [3.05, 3.63) is 83.9 Å². The van der Waals surface area contributed by atoms with Crippen molar-refractivity contribution >= 4 is 28.0 Å². The predicted octanol–water partition coefficient (Wildman–Crippen LogP) is 5.73. The van der Waals surface area contributed by atoms with Crippen LogP contribution in [-0.4, -0.2) is 0 Å². The van der Waals surface area contributed by atoms with Crippen molar-refractivity contribution in [2.45, 2.75) is 6.10 Å². The second-order valence-electron chi connectivity index (χ2n) is 5.76. The van der Waals surface area contributed by atoms with Crippen molar-refractivity contribution in [1.29, 1.82) is 0 Å². The van der Waals surface area contributed by atoms with Crippen LogP contribution in [0.25, 0.3) is 28.0 Å². The second kappa shape index (κ2) is 4.75. The van der Waals surface area contributed by atoms with Gasteiger partial charge in [0.25, 0.3) is 0 Å². The lowest BCUT2D eigenvalue weighted by atomic mass is 10.0. The number of furan rings is 1. The zero-order valence-electron chi connectivity index (χ0n) is 12.4. The van der Waals surface area contributed by atoms with Crippen LogP contribution >= 0.6 is 0 Å². The van der Waals surface area contributed by atoms with Gasteiger partial charge in [0.2, 0.25) is 0 Å². The van der Waals surface area contributed by atoms with E-state index in [4.69, 9.17) is 9.15 Å². The summed E-state index contributed by atoms with van der Waals surface area (Å²) in [5.41, 5.74) is 3.99. The molecule has 0 saturated heterocycles. The number of ether oxygens (including phenoxy) is 1. The molecule has 2 heterocycles. The van der Waals surface area contributed by atoms with Crippen LogP contribution in [0.2, 0.25) is 0 Å². The van der Waals surface area contributed by atoms with Crippen LogP contribution in [0.5, 0.6) is 5.75 Å². The van der Waals surface area contributed by atoms with E-state index in [0.29, 0.717) is 0 Å². The summed E-state index contributed by atoms with van der Waals surface area (Å²) >= 11 is 0. The molecule has 1 atom stereocenters. The van der Waals surface area contributed by atoms with E-state index in [2.05, 4.69) is 42.5 Å². The molecule has 0 amide bonds. The fraction of sp³-hybridized carbons (Fsp3) is 0.0476. The fourth-order valence-corrected chi connectivity index (χ4v) is 3.25. The average molecular weight is 298 g/mol. The van der Waals surface area contributed by atoms with Crippen LogP contribution in [0.4, 0.5) is 0 Å². The molecule has 0 radical (unpaired) electrons. The number of rotatable bonds is 1. The minimum absolute atomic E-state index is 0.130. The maximum atomic E-state index is 6.18. The van der Waals surface area contributed by atoms with Gasteiger partial charge in [-0.1, -0.05) is 60.7 Å². The molecule has 23 heavy (non-hydrogen) atoms. The third kappa shape index (κ3) is 1.88. The summed E-state index contributed by atoms with van der Waals surface area (Å²) in [5, 5.41) is 2.28. The minimum Gasteiger partial charge on any atom is -0.481 e. The summed E-state index contributed by atoms with van der Waals surface area (Å²) in [7, 11) is 0. The number of hydrogen-bond donors (Lipinski definition) is 0. The van der Waals surface area contributed by atoms with Crippen LogP contribution < -0.4 is 4.74 Å². The molecule has 1 aliphatic rings. The zero-order valence-corrected chi connectivity index (χ0v) is 12.4. The van der Waals surface area contributed by atoms with E-state index in [-0.39, 0.29) is 6.10 Å². The molecule has 0 bridgehead atoms. The standard InChI is InChI=1S/C21H14O2/c1-3-10-18-14(6-1)12-13-20(22-18)17-9-5-8-16-15-7-2-4-11-19(15)23-21(16)17/h1-13,20H. The molecule has 0 aliphatic carbocycles. The minimum atomic E-state index is -0.130. The van der Waals surface area contributed by atoms with Crippen molar-refractivity contribution in [3.8, 4) is 5.75 Å². The third-order valence-corrected chi connectivity index (χ3v) is 4.36. The number of fused-ring (bicyclic) bond motifs is 4. The molecule has 5 rings (SSSR count). The Balaban J connectivity index is 1.70. The van der Waals surface area contributed by atoms with E-state index in [0.717, 1.165) is 38.8 Å². The highest BCUT2D eigenvalue weighted by Crippen LogP contribution is 2.38. The average Bonchev–Trinajstić information content (AvgIpc) is 3.00. The first-order valence-corrected chi connectivity index (χ1v) is 7.74. The first-order chi connectivity index (χ1) is 11.4. The number of benzene rings is 3. The van der Waals surface area contributed by atoms with Gasteiger partial charge in [-0.3, -0.25) is 0 Å². The second-order valence-corrected chi connectivity index (χ2v) is 5.76. The van der Waals surface area contributed by atoms with E-state index in [1.165, 1.54) is 0 Å². The zero-order chi connectivity index (χ0) is 15.2. The molecular formula is C21H14O2. The number of para-hydroxylation sites is 3. The predicted molar refractivity (Wildman–Crippen MR) is 92.6 cm³/mol. The molecule has 0 spiro atoms. The van der Waals surface area contributed by atoms with Crippen molar-refractivity contribution in [1.82, 2.24) is 0 Å². The van der Waals surface area contributed by atoms with Gasteiger partial charge in [-0.15, -0.1) is 0 Å². The quantitative estimate of drug-likeness (QED) is 0.447. The normalized spacial score (nSPS) is 16.4. The Morgan fingerprint density at radius 2 is 1.57 bits per heavy atom. The lowest BCUT2D eigenvalue weighted by molar-refractivity contribution is 0.252. The summed E-state index contributed by atoms with van der Waals surface area (Å²) in [5.74, 6) is 0.910. The smallest absolute Gasteiger partial charge is 0.146 e. The Labute approximate surface area is 133 Å². The molecule has 1 aromatic heterocycles. The van der Waals surface area contributed by atoms with E-state index < -0.39 is 0 Å². The van der Waals surface area contributed by atoms with E-state index in [1.807, 2.05) is 36.4 Å². The molecule has 4 aromatic rings. The summed E-state index contributed by atoms with van der Waals surface area (Å²) < 4.78 is 12.3. The highest BCUT2D eigenvalue weighted by atomic mass is 16.5. The summed E-state index contributed by atoms with van der Waals surface area (Å²) in [6.45, 7) is 0. The summed E-state index contributed by atoms with van der Waals surface area (Å²) in [6, 6.07) is 22.5. The summed E-state index contributed by atoms with van der Waals surface area (Å²) in [4.78, 5) is 0. The Bertz CT molecular complexity index is 1060. The molecular weight excluding hydrogens is 284 g/mol. The first kappa shape index (κ1) is 12.5. The van der Waals surface area contributed by atoms with Crippen molar-refractivity contribution in [2.75, 3.05) is 0 Å². The first-order valence-electron chi connectivity index (χ1n) is 7.74. The van der Waals surface area contributed by atoms with Gasteiger partial charge >= 0.3 is 0 Å². The van der Waals surface area contributed by atoms with Gasteiger partial charge in [0, 0.05) is 21.9 Å². The highest BCUT2D eigenvalue weighted by molar-refractivity contribution is 6.05. The van der Waals surface area contributed by atoms with E-state index in [9.17, 15) is 0 Å². The molecule has 2 heteroatoms. The van der Waals surface area contributed by atoms with E-state index >= 15 is 0 Å². The molecule has 0 saturated carbocycles. The van der Waals surface area contributed by atoms with Gasteiger partial charge in [0.15, 0.2) is 0 Å². The van der Waals surface area contributed by atoms with E-state index in [1.54, 1.807) is 0 Å². The van der Waals surface area contributed by atoms with Crippen molar-refractivity contribution < 1.29 is 9.15 Å². The Hall–Kier alpha value is -3.00. The molecule has 1 unspecified atom stereocenters. The fourth-order valence-electron chi connectivity index (χ4n) is 3.25. The lowest BCUT2D eigenvalue weighted by Crippen LogP contribution is -2.08. The third-order valence-electron chi connectivity index (χ3n) is 4.36. The van der Waals surface area contributed by atoms with Gasteiger partial charge in [0.1, 0.15) is 23.0 Å². The Kier molecular flexibility index (Phi) is 2.59. The topological polar surface area (TPSA) is 22.4 Å². The molecule has 1 aliphatic heterocycles. The van der Waals surface area contributed by atoms with Crippen molar-refractivity contribution in [3.63, 3.8) is 0 Å². The van der Waals surface area contributed by atoms with Gasteiger partial charge in [0.05, 0.1) is 0 Å². The molecule has 0 fully saturated rings. The Morgan fingerprint density at radius 3 is 2.57 bits per heavy atom. The van der Waals surface area contributed by atoms with Gasteiger partial charge in [-0.25, -0.2) is 0 Å². The summed E-state index contributed by atoms with van der Waals surface area (Å²) in [6.07, 6.45) is 4.07. The lowest BCUT2D eigenvalue weighted by Gasteiger charge is -2.21. The van der Waals surface area contributed by atoms with Crippen LogP contribution in [0, 0.1) is 0 Å². The number of hydrogen-bond acceptors (Lipinski definition) is 2.